The highest BCUT2D eigenvalue weighted by Gasteiger charge is 2.08. The first kappa shape index (κ1) is 14.6. The molecule has 0 unspecified atom stereocenters. The first-order chi connectivity index (χ1) is 9.47. The third-order valence-corrected chi connectivity index (χ3v) is 3.63. The summed E-state index contributed by atoms with van der Waals surface area (Å²) in [6.07, 6.45) is 0. The molecular formula is C18H23NO. The van der Waals surface area contributed by atoms with Crippen molar-refractivity contribution in [2.45, 2.75) is 40.3 Å². The Morgan fingerprint density at radius 3 is 2.40 bits per heavy atom. The van der Waals surface area contributed by atoms with Crippen LogP contribution in [0.15, 0.2) is 36.4 Å². The third-order valence-electron chi connectivity index (χ3n) is 3.63. The Labute approximate surface area is 121 Å². The van der Waals surface area contributed by atoms with Gasteiger partial charge in [0.15, 0.2) is 0 Å². The van der Waals surface area contributed by atoms with Gasteiger partial charge in [0.05, 0.1) is 0 Å². The number of aryl methyl sites for hydroxylation is 3. The molecule has 0 aliphatic carbocycles. The van der Waals surface area contributed by atoms with Crippen molar-refractivity contribution in [1.29, 1.82) is 0 Å². The van der Waals surface area contributed by atoms with Crippen molar-refractivity contribution in [3.63, 3.8) is 0 Å². The van der Waals surface area contributed by atoms with Gasteiger partial charge in [0.25, 0.3) is 0 Å². The summed E-state index contributed by atoms with van der Waals surface area (Å²) < 4.78 is 5.98. The van der Waals surface area contributed by atoms with Crippen molar-refractivity contribution >= 4 is 0 Å². The van der Waals surface area contributed by atoms with Crippen molar-refractivity contribution in [1.82, 2.24) is 0 Å². The van der Waals surface area contributed by atoms with Gasteiger partial charge in [-0.2, -0.15) is 0 Å². The van der Waals surface area contributed by atoms with Crippen LogP contribution in [-0.4, -0.2) is 0 Å². The zero-order valence-corrected chi connectivity index (χ0v) is 12.7. The van der Waals surface area contributed by atoms with E-state index in [1.54, 1.807) is 0 Å². The molecule has 2 rings (SSSR count). The molecule has 1 atom stereocenters. The molecule has 0 aromatic heterocycles. The van der Waals surface area contributed by atoms with Crippen LogP contribution in [0.3, 0.4) is 0 Å². The molecule has 2 aromatic rings. The maximum absolute atomic E-state index is 6.00. The Hall–Kier alpha value is -1.80. The molecule has 0 aliphatic heterocycles. The van der Waals surface area contributed by atoms with Gasteiger partial charge in [0.1, 0.15) is 12.4 Å². The quantitative estimate of drug-likeness (QED) is 0.902. The van der Waals surface area contributed by atoms with E-state index in [4.69, 9.17) is 10.5 Å². The lowest BCUT2D eigenvalue weighted by molar-refractivity contribution is 0.301. The van der Waals surface area contributed by atoms with Crippen LogP contribution in [0.4, 0.5) is 0 Å². The minimum Gasteiger partial charge on any atom is -0.489 e. The Kier molecular flexibility index (Phi) is 4.46. The highest BCUT2D eigenvalue weighted by molar-refractivity contribution is 5.39. The van der Waals surface area contributed by atoms with Crippen LogP contribution in [-0.2, 0) is 6.61 Å². The average Bonchev–Trinajstić information content (AvgIpc) is 2.40. The van der Waals surface area contributed by atoms with Gasteiger partial charge in [-0.05, 0) is 56.0 Å². The van der Waals surface area contributed by atoms with Crippen LogP contribution >= 0.6 is 0 Å². The second kappa shape index (κ2) is 6.10. The van der Waals surface area contributed by atoms with E-state index >= 15 is 0 Å². The lowest BCUT2D eigenvalue weighted by Crippen LogP contribution is -2.08. The van der Waals surface area contributed by atoms with E-state index in [0.29, 0.717) is 6.61 Å². The standard InChI is InChI=1S/C18H23NO/c1-12-5-8-17(15(4)19)18(9-12)20-11-16-7-6-13(2)14(3)10-16/h5-10,15H,11,19H2,1-4H3/t15-/m1/s1. The topological polar surface area (TPSA) is 35.2 Å². The number of ether oxygens (including phenoxy) is 1. The van der Waals surface area contributed by atoms with E-state index in [1.807, 2.05) is 6.92 Å². The van der Waals surface area contributed by atoms with Gasteiger partial charge in [-0.15, -0.1) is 0 Å². The Balaban J connectivity index is 2.17. The molecule has 0 aliphatic rings. The van der Waals surface area contributed by atoms with E-state index in [1.165, 1.54) is 22.3 Å². The second-order valence-electron chi connectivity index (χ2n) is 5.54. The van der Waals surface area contributed by atoms with Gasteiger partial charge in [-0.25, -0.2) is 0 Å². The molecule has 2 N–H and O–H groups in total. The smallest absolute Gasteiger partial charge is 0.124 e. The zero-order chi connectivity index (χ0) is 14.7. The van der Waals surface area contributed by atoms with Gasteiger partial charge in [-0.3, -0.25) is 0 Å². The number of benzene rings is 2. The van der Waals surface area contributed by atoms with Crippen LogP contribution in [0.2, 0.25) is 0 Å². The van der Waals surface area contributed by atoms with Crippen LogP contribution in [0, 0.1) is 20.8 Å². The van der Waals surface area contributed by atoms with E-state index in [-0.39, 0.29) is 6.04 Å². The Bertz CT molecular complexity index is 602. The molecule has 0 saturated carbocycles. The maximum atomic E-state index is 6.00. The van der Waals surface area contributed by atoms with Gasteiger partial charge in [0.2, 0.25) is 0 Å². The largest absolute Gasteiger partial charge is 0.489 e. The van der Waals surface area contributed by atoms with E-state index < -0.39 is 0 Å². The monoisotopic (exact) mass is 269 g/mol. The van der Waals surface area contributed by atoms with Gasteiger partial charge < -0.3 is 10.5 Å². The molecule has 0 bridgehead atoms. The molecule has 0 fully saturated rings. The van der Waals surface area contributed by atoms with Crippen LogP contribution in [0.25, 0.3) is 0 Å². The van der Waals surface area contributed by atoms with Crippen LogP contribution in [0.1, 0.15) is 40.8 Å². The molecule has 2 heteroatoms. The highest BCUT2D eigenvalue weighted by atomic mass is 16.5. The minimum absolute atomic E-state index is 0.0228. The summed E-state index contributed by atoms with van der Waals surface area (Å²) in [5.41, 5.74) is 12.0. The minimum atomic E-state index is -0.0228. The maximum Gasteiger partial charge on any atom is 0.124 e. The fourth-order valence-electron chi connectivity index (χ4n) is 2.20. The van der Waals surface area contributed by atoms with Crippen molar-refractivity contribution in [2.24, 2.45) is 5.73 Å². The third kappa shape index (κ3) is 3.40. The van der Waals surface area contributed by atoms with E-state index in [0.717, 1.165) is 11.3 Å². The molecular weight excluding hydrogens is 246 g/mol. The average molecular weight is 269 g/mol. The van der Waals surface area contributed by atoms with E-state index in [9.17, 15) is 0 Å². The fourth-order valence-corrected chi connectivity index (χ4v) is 2.20. The van der Waals surface area contributed by atoms with Crippen molar-refractivity contribution in [2.75, 3.05) is 0 Å². The van der Waals surface area contributed by atoms with Crippen molar-refractivity contribution < 1.29 is 4.74 Å². The summed E-state index contributed by atoms with van der Waals surface area (Å²) in [4.78, 5) is 0. The Morgan fingerprint density at radius 1 is 1.00 bits per heavy atom. The summed E-state index contributed by atoms with van der Waals surface area (Å²) in [6, 6.07) is 12.6. The lowest BCUT2D eigenvalue weighted by atomic mass is 10.1. The molecule has 20 heavy (non-hydrogen) atoms. The molecule has 0 saturated heterocycles. The molecule has 0 heterocycles. The van der Waals surface area contributed by atoms with Crippen molar-refractivity contribution in [3.05, 3.63) is 64.2 Å². The SMILES string of the molecule is Cc1ccc([C@@H](C)N)c(OCc2ccc(C)c(C)c2)c1. The Morgan fingerprint density at radius 2 is 1.75 bits per heavy atom. The predicted molar refractivity (Wildman–Crippen MR) is 84.0 cm³/mol. The molecule has 2 nitrogen and oxygen atoms in total. The summed E-state index contributed by atoms with van der Waals surface area (Å²) in [5, 5.41) is 0. The van der Waals surface area contributed by atoms with Gasteiger partial charge in [0, 0.05) is 11.6 Å². The zero-order valence-electron chi connectivity index (χ0n) is 12.7. The van der Waals surface area contributed by atoms with Crippen LogP contribution < -0.4 is 10.5 Å². The first-order valence-electron chi connectivity index (χ1n) is 7.02. The summed E-state index contributed by atoms with van der Waals surface area (Å²) >= 11 is 0. The van der Waals surface area contributed by atoms with Crippen LogP contribution in [0.5, 0.6) is 5.75 Å². The number of hydrogen-bond acceptors (Lipinski definition) is 2. The number of nitrogens with two attached hydrogens (primary N) is 1. The molecule has 0 spiro atoms. The first-order valence-corrected chi connectivity index (χ1v) is 7.02. The normalized spacial score (nSPS) is 12.2. The summed E-state index contributed by atoms with van der Waals surface area (Å²) in [6.45, 7) is 8.86. The van der Waals surface area contributed by atoms with Gasteiger partial charge in [-0.1, -0.05) is 30.3 Å². The summed E-state index contributed by atoms with van der Waals surface area (Å²) in [5.74, 6) is 0.887. The second-order valence-corrected chi connectivity index (χ2v) is 5.54. The highest BCUT2D eigenvalue weighted by Crippen LogP contribution is 2.26. The molecule has 0 radical (unpaired) electrons. The lowest BCUT2D eigenvalue weighted by Gasteiger charge is -2.15. The molecule has 106 valence electrons. The predicted octanol–water partition coefficient (Wildman–Crippen LogP) is 4.21. The molecule has 0 amide bonds. The number of hydrogen-bond donors (Lipinski definition) is 1. The summed E-state index contributed by atoms with van der Waals surface area (Å²) in [7, 11) is 0. The van der Waals surface area contributed by atoms with Gasteiger partial charge >= 0.3 is 0 Å². The fraction of sp³-hybridized carbons (Fsp3) is 0.333. The van der Waals surface area contributed by atoms with E-state index in [2.05, 4.69) is 57.2 Å². The number of rotatable bonds is 4. The van der Waals surface area contributed by atoms with Crippen molar-refractivity contribution in [3.8, 4) is 5.75 Å². The molecule has 2 aromatic carbocycles.